The van der Waals surface area contributed by atoms with Gasteiger partial charge in [-0.1, -0.05) is 0 Å². The summed E-state index contributed by atoms with van der Waals surface area (Å²) >= 11 is 0. The summed E-state index contributed by atoms with van der Waals surface area (Å²) < 4.78 is 46.5. The SMILES string of the molecule is CCOP(=O)(CCCC(CCCC(=O)O)(CCCP(=O)(OCC)OCC)C(=O)O)OCC. The quantitative estimate of drug-likeness (QED) is 0.195. The Kier molecular flexibility index (Phi) is 15.6. The first kappa shape index (κ1) is 31.2. The van der Waals surface area contributed by atoms with E-state index in [4.69, 9.17) is 23.2 Å². The van der Waals surface area contributed by atoms with Crippen LogP contribution in [0.25, 0.3) is 0 Å². The topological polar surface area (TPSA) is 146 Å². The number of hydrogen-bond donors (Lipinski definition) is 2. The molecule has 0 radical (unpaired) electrons. The van der Waals surface area contributed by atoms with Gasteiger partial charge < -0.3 is 28.3 Å². The molecule has 0 unspecified atom stereocenters. The standard InChI is InChI=1S/C20H40O10P2/c1-5-27-31(25,28-6-2)16-10-14-20(19(23)24,13-9-12-18(21)22)15-11-17-32(26,29-7-3)30-8-4/h5-17H2,1-4H3,(H,21,22)(H,23,24). The highest BCUT2D eigenvalue weighted by Gasteiger charge is 2.39. The number of carboxylic acid groups (broad SMARTS) is 2. The van der Waals surface area contributed by atoms with Crippen LogP contribution in [-0.2, 0) is 36.8 Å². The zero-order chi connectivity index (χ0) is 24.7. The fourth-order valence-electron chi connectivity index (χ4n) is 3.62. The smallest absolute Gasteiger partial charge is 0.330 e. The predicted molar refractivity (Wildman–Crippen MR) is 121 cm³/mol. The molecule has 12 heteroatoms. The van der Waals surface area contributed by atoms with Crippen molar-refractivity contribution < 1.29 is 47.0 Å². The first-order valence-corrected chi connectivity index (χ1v) is 14.7. The van der Waals surface area contributed by atoms with Crippen molar-refractivity contribution in [2.45, 2.75) is 72.6 Å². The van der Waals surface area contributed by atoms with Gasteiger partial charge in [-0.3, -0.25) is 18.7 Å². The first-order chi connectivity index (χ1) is 15.0. The Labute approximate surface area is 191 Å². The van der Waals surface area contributed by atoms with Gasteiger partial charge in [0, 0.05) is 6.42 Å². The fraction of sp³-hybridized carbons (Fsp3) is 0.900. The third-order valence-corrected chi connectivity index (χ3v) is 9.31. The maximum absolute atomic E-state index is 12.7. The highest BCUT2D eigenvalue weighted by atomic mass is 31.2. The molecule has 0 bridgehead atoms. The molecule has 32 heavy (non-hydrogen) atoms. The number of aliphatic carboxylic acids is 2. The van der Waals surface area contributed by atoms with Crippen molar-refractivity contribution in [1.82, 2.24) is 0 Å². The number of rotatable bonds is 21. The zero-order valence-electron chi connectivity index (χ0n) is 19.7. The van der Waals surface area contributed by atoms with Gasteiger partial charge in [0.05, 0.1) is 44.2 Å². The lowest BCUT2D eigenvalue weighted by molar-refractivity contribution is -0.151. The molecule has 0 heterocycles. The first-order valence-electron chi connectivity index (χ1n) is 11.2. The van der Waals surface area contributed by atoms with E-state index in [1.165, 1.54) is 0 Å². The Morgan fingerprint density at radius 1 is 0.688 bits per heavy atom. The Hall–Kier alpha value is -0.760. The minimum absolute atomic E-state index is 0.0685. The number of hydrogen-bond acceptors (Lipinski definition) is 8. The summed E-state index contributed by atoms with van der Waals surface area (Å²) in [5.41, 5.74) is -1.25. The molecule has 2 N–H and O–H groups in total. The van der Waals surface area contributed by atoms with Crippen LogP contribution in [0, 0.1) is 5.41 Å². The van der Waals surface area contributed by atoms with Crippen LogP contribution >= 0.6 is 15.2 Å². The molecule has 0 fully saturated rings. The minimum Gasteiger partial charge on any atom is -0.481 e. The molecule has 0 saturated heterocycles. The summed E-state index contributed by atoms with van der Waals surface area (Å²) in [7, 11) is -6.64. The largest absolute Gasteiger partial charge is 0.481 e. The summed E-state index contributed by atoms with van der Waals surface area (Å²) in [5.74, 6) is -2.06. The maximum atomic E-state index is 12.7. The molecular formula is C20H40O10P2. The molecule has 0 rings (SSSR count). The molecule has 0 saturated carbocycles. The van der Waals surface area contributed by atoms with Crippen LogP contribution in [0.2, 0.25) is 0 Å². The zero-order valence-corrected chi connectivity index (χ0v) is 21.5. The van der Waals surface area contributed by atoms with Gasteiger partial charge in [-0.15, -0.1) is 0 Å². The normalized spacial score (nSPS) is 12.8. The van der Waals surface area contributed by atoms with E-state index in [0.29, 0.717) is 0 Å². The highest BCUT2D eigenvalue weighted by Crippen LogP contribution is 2.51. The minimum atomic E-state index is -3.32. The number of carboxylic acids is 2. The second-order valence-corrected chi connectivity index (χ2v) is 11.8. The van der Waals surface area contributed by atoms with Crippen LogP contribution in [-0.4, -0.2) is 60.9 Å². The van der Waals surface area contributed by atoms with E-state index in [0.717, 1.165) is 0 Å². The van der Waals surface area contributed by atoms with Gasteiger partial charge in [0.2, 0.25) is 0 Å². The van der Waals surface area contributed by atoms with Crippen LogP contribution in [0.4, 0.5) is 0 Å². The molecule has 0 aliphatic carbocycles. The van der Waals surface area contributed by atoms with Crippen molar-refractivity contribution in [2.75, 3.05) is 38.8 Å². The molecule has 10 nitrogen and oxygen atoms in total. The van der Waals surface area contributed by atoms with Crippen LogP contribution in [0.5, 0.6) is 0 Å². The Balaban J connectivity index is 5.39. The van der Waals surface area contributed by atoms with Crippen LogP contribution in [0.3, 0.4) is 0 Å². The third kappa shape index (κ3) is 11.9. The van der Waals surface area contributed by atoms with E-state index in [1.54, 1.807) is 27.7 Å². The van der Waals surface area contributed by atoms with E-state index >= 15 is 0 Å². The fourth-order valence-corrected chi connectivity index (χ4v) is 6.95. The van der Waals surface area contributed by atoms with Gasteiger partial charge >= 0.3 is 27.1 Å². The molecule has 0 spiro atoms. The van der Waals surface area contributed by atoms with E-state index < -0.39 is 32.5 Å². The second-order valence-electron chi connectivity index (χ2n) is 7.38. The molecule has 0 amide bonds. The molecule has 0 aromatic rings. The molecule has 0 aromatic heterocycles. The van der Waals surface area contributed by atoms with E-state index in [9.17, 15) is 23.8 Å². The lowest BCUT2D eigenvalue weighted by Crippen LogP contribution is -2.32. The van der Waals surface area contributed by atoms with Gasteiger partial charge in [0.1, 0.15) is 0 Å². The lowest BCUT2D eigenvalue weighted by Gasteiger charge is -2.30. The summed E-state index contributed by atoms with van der Waals surface area (Å²) in [5, 5.41) is 19.0. The van der Waals surface area contributed by atoms with Crippen molar-refractivity contribution in [3.63, 3.8) is 0 Å². The lowest BCUT2D eigenvalue weighted by atomic mass is 9.75. The van der Waals surface area contributed by atoms with Gasteiger partial charge in [0.25, 0.3) is 0 Å². The summed E-state index contributed by atoms with van der Waals surface area (Å²) in [6.07, 6.45) is 1.18. The molecule has 0 aliphatic rings. The van der Waals surface area contributed by atoms with Gasteiger partial charge in [0.15, 0.2) is 0 Å². The van der Waals surface area contributed by atoms with Crippen molar-refractivity contribution in [2.24, 2.45) is 5.41 Å². The van der Waals surface area contributed by atoms with E-state index in [2.05, 4.69) is 0 Å². The predicted octanol–water partition coefficient (Wildman–Crippen LogP) is 5.40. The molecule has 0 aromatic carbocycles. The summed E-state index contributed by atoms with van der Waals surface area (Å²) in [4.78, 5) is 23.2. The second kappa shape index (κ2) is 16.0. The van der Waals surface area contributed by atoms with Gasteiger partial charge in [-0.05, 0) is 66.2 Å². The molecule has 190 valence electrons. The van der Waals surface area contributed by atoms with Crippen LogP contribution in [0.15, 0.2) is 0 Å². The Bertz CT molecular complexity index is 596. The van der Waals surface area contributed by atoms with Crippen molar-refractivity contribution in [1.29, 1.82) is 0 Å². The van der Waals surface area contributed by atoms with Crippen molar-refractivity contribution in [3.05, 3.63) is 0 Å². The van der Waals surface area contributed by atoms with Gasteiger partial charge in [-0.2, -0.15) is 0 Å². The van der Waals surface area contributed by atoms with Gasteiger partial charge in [-0.25, -0.2) is 0 Å². The third-order valence-electron chi connectivity index (χ3n) is 4.98. The summed E-state index contributed by atoms with van der Waals surface area (Å²) in [6, 6.07) is 0. The average Bonchev–Trinajstić information content (AvgIpc) is 2.67. The van der Waals surface area contributed by atoms with Crippen LogP contribution < -0.4 is 0 Å². The van der Waals surface area contributed by atoms with Crippen molar-refractivity contribution in [3.8, 4) is 0 Å². The van der Waals surface area contributed by atoms with E-state index in [1.807, 2.05) is 0 Å². The van der Waals surface area contributed by atoms with Crippen LogP contribution in [0.1, 0.15) is 72.6 Å². The maximum Gasteiger partial charge on any atom is 0.330 e. The molecular weight excluding hydrogens is 462 g/mol. The van der Waals surface area contributed by atoms with Crippen molar-refractivity contribution >= 4 is 27.1 Å². The Morgan fingerprint density at radius 3 is 1.31 bits per heavy atom. The highest BCUT2D eigenvalue weighted by molar-refractivity contribution is 7.54. The number of carbonyl (C=O) groups is 2. The molecule has 0 aliphatic heterocycles. The average molecular weight is 502 g/mol. The monoisotopic (exact) mass is 502 g/mol. The Morgan fingerprint density at radius 2 is 1.03 bits per heavy atom. The van der Waals surface area contributed by atoms with E-state index in [-0.39, 0.29) is 83.7 Å². The molecule has 0 atom stereocenters. The summed E-state index contributed by atoms with van der Waals surface area (Å²) in [6.45, 7) is 7.66.